The molecular weight excluding hydrogens is 630 g/mol. The second-order valence-electron chi connectivity index (χ2n) is 11.3. The number of amides is 1. The lowest BCUT2D eigenvalue weighted by atomic mass is 9.94. The molecule has 1 aliphatic rings. The number of allylic oxidation sites excluding steroid dienone is 1. The monoisotopic (exact) mass is 665 g/mol. The van der Waals surface area contributed by atoms with Gasteiger partial charge in [0.25, 0.3) is 5.91 Å². The number of nitrogens with zero attached hydrogens (tertiary/aromatic N) is 3. The SMILES string of the molecule is CCOc1cc(C2C(C(=O)Nc3cccc(C)c3)=C(C)Nc3nc(SCc4ccccc4Cl)nn32)ccc1OCc1cccc(C)c1. The quantitative estimate of drug-likeness (QED) is 0.136. The van der Waals surface area contributed by atoms with Crippen LogP contribution < -0.4 is 20.1 Å². The smallest absolute Gasteiger partial charge is 0.255 e. The van der Waals surface area contributed by atoms with Crippen molar-refractivity contribution in [2.24, 2.45) is 0 Å². The van der Waals surface area contributed by atoms with Crippen molar-refractivity contribution >= 4 is 40.9 Å². The summed E-state index contributed by atoms with van der Waals surface area (Å²) in [4.78, 5) is 18.9. The van der Waals surface area contributed by atoms with E-state index in [2.05, 4.69) is 29.7 Å². The van der Waals surface area contributed by atoms with E-state index in [4.69, 9.17) is 31.2 Å². The molecule has 0 saturated carbocycles. The molecule has 1 amide bonds. The Labute approximate surface area is 284 Å². The molecule has 2 heterocycles. The van der Waals surface area contributed by atoms with Crippen LogP contribution in [0.15, 0.2) is 107 Å². The number of benzene rings is 4. The molecule has 0 spiro atoms. The van der Waals surface area contributed by atoms with Gasteiger partial charge in [0.05, 0.1) is 12.2 Å². The minimum absolute atomic E-state index is 0.241. The van der Waals surface area contributed by atoms with Crippen molar-refractivity contribution in [3.05, 3.63) is 135 Å². The molecular formula is C37H36ClN5O3S. The fourth-order valence-corrected chi connectivity index (χ4v) is 6.63. The molecule has 5 aromatic rings. The summed E-state index contributed by atoms with van der Waals surface area (Å²) in [6.45, 7) is 8.72. The van der Waals surface area contributed by atoms with Crippen LogP contribution in [0.4, 0.5) is 11.6 Å². The number of carbonyl (C=O) groups is 1. The third kappa shape index (κ3) is 7.48. The van der Waals surface area contributed by atoms with Crippen LogP contribution in [0.5, 0.6) is 11.5 Å². The first-order valence-electron chi connectivity index (χ1n) is 15.4. The Morgan fingerprint density at radius 1 is 0.936 bits per heavy atom. The van der Waals surface area contributed by atoms with E-state index in [0.717, 1.165) is 22.3 Å². The Morgan fingerprint density at radius 3 is 2.49 bits per heavy atom. The maximum atomic E-state index is 14.1. The number of anilines is 2. The first-order chi connectivity index (χ1) is 22.8. The van der Waals surface area contributed by atoms with Crippen LogP contribution in [0, 0.1) is 13.8 Å². The Balaban J connectivity index is 1.36. The predicted molar refractivity (Wildman–Crippen MR) is 188 cm³/mol. The largest absolute Gasteiger partial charge is 0.490 e. The molecule has 10 heteroatoms. The van der Waals surface area contributed by atoms with Crippen LogP contribution in [0.25, 0.3) is 0 Å². The van der Waals surface area contributed by atoms with Crippen molar-refractivity contribution in [1.82, 2.24) is 14.8 Å². The van der Waals surface area contributed by atoms with Gasteiger partial charge in [-0.25, -0.2) is 4.68 Å². The number of hydrogen-bond acceptors (Lipinski definition) is 7. The number of fused-ring (bicyclic) bond motifs is 1. The average molecular weight is 666 g/mol. The van der Waals surface area contributed by atoms with Gasteiger partial charge >= 0.3 is 0 Å². The van der Waals surface area contributed by atoms with E-state index in [9.17, 15) is 4.79 Å². The Bertz CT molecular complexity index is 1960. The highest BCUT2D eigenvalue weighted by Gasteiger charge is 2.35. The molecule has 47 heavy (non-hydrogen) atoms. The van der Waals surface area contributed by atoms with E-state index < -0.39 is 6.04 Å². The lowest BCUT2D eigenvalue weighted by Crippen LogP contribution is -2.31. The van der Waals surface area contributed by atoms with Gasteiger partial charge in [-0.15, -0.1) is 5.10 Å². The van der Waals surface area contributed by atoms with Crippen LogP contribution in [0.1, 0.15) is 47.7 Å². The molecule has 0 bridgehead atoms. The number of aromatic nitrogens is 3. The van der Waals surface area contributed by atoms with Crippen LogP contribution in [0.2, 0.25) is 5.02 Å². The van der Waals surface area contributed by atoms with Gasteiger partial charge in [-0.3, -0.25) is 4.79 Å². The molecule has 1 aliphatic heterocycles. The average Bonchev–Trinajstić information content (AvgIpc) is 3.45. The first kappa shape index (κ1) is 32.2. The summed E-state index contributed by atoms with van der Waals surface area (Å²) in [6.07, 6.45) is 0. The van der Waals surface area contributed by atoms with Crippen molar-refractivity contribution < 1.29 is 14.3 Å². The molecule has 6 rings (SSSR count). The molecule has 0 aliphatic carbocycles. The summed E-state index contributed by atoms with van der Waals surface area (Å²) in [6, 6.07) is 28.9. The predicted octanol–water partition coefficient (Wildman–Crippen LogP) is 8.75. The van der Waals surface area contributed by atoms with Crippen molar-refractivity contribution in [2.75, 3.05) is 17.2 Å². The van der Waals surface area contributed by atoms with Gasteiger partial charge in [-0.05, 0) is 80.3 Å². The third-order valence-electron chi connectivity index (χ3n) is 7.73. The zero-order chi connectivity index (χ0) is 32.9. The van der Waals surface area contributed by atoms with E-state index in [0.29, 0.717) is 63.6 Å². The lowest BCUT2D eigenvalue weighted by Gasteiger charge is -2.29. The van der Waals surface area contributed by atoms with Crippen LogP contribution >= 0.6 is 23.4 Å². The minimum atomic E-state index is -0.594. The van der Waals surface area contributed by atoms with Crippen LogP contribution in [-0.2, 0) is 17.2 Å². The highest BCUT2D eigenvalue weighted by molar-refractivity contribution is 7.98. The zero-order valence-electron chi connectivity index (χ0n) is 26.7. The standard InChI is InChI=1S/C37H36ClN5O3S/c1-5-45-32-20-27(16-17-31(32)46-21-26-12-8-10-23(2)18-26)34-33(35(44)40-29-14-9-11-24(3)19-29)25(4)39-36-41-37(42-43(34)36)47-22-28-13-6-7-15-30(28)38/h6-20,34H,5,21-22H2,1-4H3,(H,40,44)(H,39,41,42). The maximum Gasteiger partial charge on any atom is 0.255 e. The van der Waals surface area contributed by atoms with Gasteiger partial charge in [0, 0.05) is 22.2 Å². The summed E-state index contributed by atoms with van der Waals surface area (Å²) in [7, 11) is 0. The Kier molecular flexibility index (Phi) is 9.84. The van der Waals surface area contributed by atoms with Gasteiger partial charge < -0.3 is 20.1 Å². The topological polar surface area (TPSA) is 90.3 Å². The molecule has 240 valence electrons. The molecule has 2 N–H and O–H groups in total. The number of thioether (sulfide) groups is 1. The zero-order valence-corrected chi connectivity index (χ0v) is 28.3. The number of ether oxygens (including phenoxy) is 2. The minimum Gasteiger partial charge on any atom is -0.490 e. The Hall–Kier alpha value is -4.73. The molecule has 1 aromatic heterocycles. The van der Waals surface area contributed by atoms with Gasteiger partial charge in [0.1, 0.15) is 12.6 Å². The second-order valence-corrected chi connectivity index (χ2v) is 12.7. The number of halogens is 1. The fraction of sp³-hybridized carbons (Fsp3) is 0.216. The number of carbonyl (C=O) groups excluding carboxylic acids is 1. The van der Waals surface area contributed by atoms with E-state index in [1.807, 2.05) is 99.6 Å². The lowest BCUT2D eigenvalue weighted by molar-refractivity contribution is -0.113. The summed E-state index contributed by atoms with van der Waals surface area (Å²) in [5.74, 6) is 2.10. The first-order valence-corrected chi connectivity index (χ1v) is 16.8. The van der Waals surface area contributed by atoms with E-state index in [1.165, 1.54) is 17.3 Å². The van der Waals surface area contributed by atoms with E-state index >= 15 is 0 Å². The molecule has 1 unspecified atom stereocenters. The maximum absolute atomic E-state index is 14.1. The van der Waals surface area contributed by atoms with Crippen molar-refractivity contribution in [3.63, 3.8) is 0 Å². The second kappa shape index (κ2) is 14.4. The third-order valence-corrected chi connectivity index (χ3v) is 8.98. The number of hydrogen-bond donors (Lipinski definition) is 2. The fourth-order valence-electron chi connectivity index (χ4n) is 5.52. The molecule has 0 radical (unpaired) electrons. The molecule has 0 saturated heterocycles. The van der Waals surface area contributed by atoms with Gasteiger partial charge in [-0.2, -0.15) is 4.98 Å². The molecule has 1 atom stereocenters. The summed E-state index contributed by atoms with van der Waals surface area (Å²) >= 11 is 7.90. The highest BCUT2D eigenvalue weighted by atomic mass is 35.5. The van der Waals surface area contributed by atoms with Crippen LogP contribution in [0.3, 0.4) is 0 Å². The van der Waals surface area contributed by atoms with Crippen LogP contribution in [-0.4, -0.2) is 27.3 Å². The van der Waals surface area contributed by atoms with Gasteiger partial charge in [0.15, 0.2) is 11.5 Å². The molecule has 0 fully saturated rings. The highest BCUT2D eigenvalue weighted by Crippen LogP contribution is 2.40. The summed E-state index contributed by atoms with van der Waals surface area (Å²) in [5.41, 5.74) is 6.99. The normalized spacial score (nSPS) is 13.9. The van der Waals surface area contributed by atoms with Crippen molar-refractivity contribution in [3.8, 4) is 11.5 Å². The molecule has 4 aromatic carbocycles. The van der Waals surface area contributed by atoms with E-state index in [1.54, 1.807) is 4.68 Å². The van der Waals surface area contributed by atoms with E-state index in [-0.39, 0.29) is 5.91 Å². The number of nitrogens with one attached hydrogen (secondary N) is 2. The van der Waals surface area contributed by atoms with Crippen molar-refractivity contribution in [1.29, 1.82) is 0 Å². The molecule has 8 nitrogen and oxygen atoms in total. The Morgan fingerprint density at radius 2 is 1.72 bits per heavy atom. The van der Waals surface area contributed by atoms with Crippen molar-refractivity contribution in [2.45, 2.75) is 51.3 Å². The number of rotatable bonds is 11. The van der Waals surface area contributed by atoms with Gasteiger partial charge in [-0.1, -0.05) is 89.6 Å². The summed E-state index contributed by atoms with van der Waals surface area (Å²) < 4.78 is 14.1. The van der Waals surface area contributed by atoms with Gasteiger partial charge in [0.2, 0.25) is 11.1 Å². The summed E-state index contributed by atoms with van der Waals surface area (Å²) in [5, 5.41) is 12.6. The number of aryl methyl sites for hydroxylation is 2.